The molecule has 0 amide bonds. The Bertz CT molecular complexity index is 454. The summed E-state index contributed by atoms with van der Waals surface area (Å²) in [6.07, 6.45) is 0. The average molecular weight is 254 g/mol. The van der Waals surface area contributed by atoms with E-state index in [1.165, 1.54) is 5.56 Å². The Kier molecular flexibility index (Phi) is 3.69. The van der Waals surface area contributed by atoms with E-state index in [1.54, 1.807) is 0 Å². The number of hydrogen-bond acceptors (Lipinski definition) is 4. The lowest BCUT2D eigenvalue weighted by Crippen LogP contribution is -2.40. The van der Waals surface area contributed by atoms with E-state index in [1.807, 2.05) is 7.05 Å². The first-order valence-electron chi connectivity index (χ1n) is 5.80. The van der Waals surface area contributed by atoms with Crippen molar-refractivity contribution in [1.82, 2.24) is 5.32 Å². The molecule has 1 heterocycles. The molecule has 4 nitrogen and oxygen atoms in total. The molecular formula is C12H18N2O2S. The first-order valence-corrected chi connectivity index (χ1v) is 7.62. The zero-order chi connectivity index (χ0) is 12.3. The van der Waals surface area contributed by atoms with Crippen LogP contribution in [0.4, 0.5) is 5.69 Å². The number of benzene rings is 1. The molecule has 0 unspecified atom stereocenters. The van der Waals surface area contributed by atoms with Gasteiger partial charge in [-0.05, 0) is 24.7 Å². The third-order valence-corrected chi connectivity index (χ3v) is 4.64. The Hall–Kier alpha value is -1.07. The van der Waals surface area contributed by atoms with Crippen molar-refractivity contribution in [3.8, 4) is 0 Å². The maximum Gasteiger partial charge on any atom is 0.153 e. The molecule has 0 aliphatic carbocycles. The van der Waals surface area contributed by atoms with Crippen LogP contribution in [0.15, 0.2) is 24.3 Å². The van der Waals surface area contributed by atoms with E-state index < -0.39 is 9.84 Å². The number of nitrogens with one attached hydrogen (secondary N) is 1. The van der Waals surface area contributed by atoms with Crippen molar-refractivity contribution in [1.29, 1.82) is 0 Å². The van der Waals surface area contributed by atoms with Crippen molar-refractivity contribution in [3.63, 3.8) is 0 Å². The Morgan fingerprint density at radius 3 is 2.29 bits per heavy atom. The zero-order valence-corrected chi connectivity index (χ0v) is 10.8. The summed E-state index contributed by atoms with van der Waals surface area (Å²) in [5, 5.41) is 3.10. The molecule has 94 valence electrons. The lowest BCUT2D eigenvalue weighted by Gasteiger charge is -2.28. The lowest BCUT2D eigenvalue weighted by atomic mass is 10.2. The fourth-order valence-corrected chi connectivity index (χ4v) is 3.20. The Morgan fingerprint density at radius 2 is 1.76 bits per heavy atom. The molecule has 2 rings (SSSR count). The van der Waals surface area contributed by atoms with E-state index in [-0.39, 0.29) is 11.5 Å². The van der Waals surface area contributed by atoms with Gasteiger partial charge in [-0.1, -0.05) is 12.1 Å². The Morgan fingerprint density at radius 1 is 1.18 bits per heavy atom. The lowest BCUT2D eigenvalue weighted by molar-refractivity contribution is 0.587. The van der Waals surface area contributed by atoms with Gasteiger partial charge in [0, 0.05) is 25.3 Å². The minimum atomic E-state index is -2.79. The van der Waals surface area contributed by atoms with Crippen molar-refractivity contribution >= 4 is 15.5 Å². The minimum absolute atomic E-state index is 0.269. The second-order valence-electron chi connectivity index (χ2n) is 4.34. The fourth-order valence-electron chi connectivity index (χ4n) is 2.00. The maximum absolute atomic E-state index is 11.3. The van der Waals surface area contributed by atoms with Crippen LogP contribution in [0.2, 0.25) is 0 Å². The first-order chi connectivity index (χ1) is 8.11. The van der Waals surface area contributed by atoms with Gasteiger partial charge in [0.2, 0.25) is 0 Å². The normalized spacial score (nSPS) is 19.2. The van der Waals surface area contributed by atoms with Crippen molar-refractivity contribution in [2.45, 2.75) is 6.54 Å². The van der Waals surface area contributed by atoms with Crippen LogP contribution in [0.5, 0.6) is 0 Å². The van der Waals surface area contributed by atoms with Gasteiger partial charge in [-0.25, -0.2) is 8.42 Å². The molecule has 0 atom stereocenters. The highest BCUT2D eigenvalue weighted by molar-refractivity contribution is 7.91. The highest BCUT2D eigenvalue weighted by Gasteiger charge is 2.21. The quantitative estimate of drug-likeness (QED) is 0.860. The van der Waals surface area contributed by atoms with E-state index >= 15 is 0 Å². The highest BCUT2D eigenvalue weighted by atomic mass is 32.2. The summed E-state index contributed by atoms with van der Waals surface area (Å²) < 4.78 is 22.7. The van der Waals surface area contributed by atoms with E-state index in [0.29, 0.717) is 13.1 Å². The van der Waals surface area contributed by atoms with Crippen molar-refractivity contribution in [2.75, 3.05) is 36.5 Å². The summed E-state index contributed by atoms with van der Waals surface area (Å²) in [4.78, 5) is 2.13. The summed E-state index contributed by atoms with van der Waals surface area (Å²) >= 11 is 0. The van der Waals surface area contributed by atoms with Crippen LogP contribution >= 0.6 is 0 Å². The molecule has 0 saturated carbocycles. The van der Waals surface area contributed by atoms with Gasteiger partial charge in [-0.3, -0.25) is 0 Å². The van der Waals surface area contributed by atoms with Crippen molar-refractivity contribution in [2.24, 2.45) is 0 Å². The molecule has 5 heteroatoms. The molecule has 1 N–H and O–H groups in total. The van der Waals surface area contributed by atoms with Gasteiger partial charge in [-0.2, -0.15) is 0 Å². The molecule has 1 aromatic carbocycles. The number of rotatable bonds is 3. The predicted octanol–water partition coefficient (Wildman–Crippen LogP) is 0.641. The molecule has 1 saturated heterocycles. The van der Waals surface area contributed by atoms with Gasteiger partial charge >= 0.3 is 0 Å². The summed E-state index contributed by atoms with van der Waals surface area (Å²) in [5.41, 5.74) is 2.35. The monoisotopic (exact) mass is 254 g/mol. The smallest absolute Gasteiger partial charge is 0.153 e. The van der Waals surface area contributed by atoms with E-state index in [2.05, 4.69) is 34.5 Å². The van der Waals surface area contributed by atoms with Crippen molar-refractivity contribution in [3.05, 3.63) is 29.8 Å². The van der Waals surface area contributed by atoms with E-state index in [0.717, 1.165) is 12.2 Å². The predicted molar refractivity (Wildman–Crippen MR) is 70.1 cm³/mol. The molecule has 1 aliphatic heterocycles. The number of hydrogen-bond donors (Lipinski definition) is 1. The van der Waals surface area contributed by atoms with Gasteiger partial charge in [0.1, 0.15) is 0 Å². The molecule has 0 spiro atoms. The molecule has 0 radical (unpaired) electrons. The standard InChI is InChI=1S/C12H18N2O2S/c1-13-10-11-2-4-12(5-3-11)14-6-8-17(15,16)9-7-14/h2-5,13H,6-10H2,1H3. The van der Waals surface area contributed by atoms with E-state index in [9.17, 15) is 8.42 Å². The second-order valence-corrected chi connectivity index (χ2v) is 6.64. The van der Waals surface area contributed by atoms with Crippen LogP contribution < -0.4 is 10.2 Å². The molecular weight excluding hydrogens is 236 g/mol. The Labute approximate surface area is 103 Å². The third-order valence-electron chi connectivity index (χ3n) is 3.03. The Balaban J connectivity index is 2.03. The summed E-state index contributed by atoms with van der Waals surface area (Å²) in [5.74, 6) is 0.538. The van der Waals surface area contributed by atoms with Crippen LogP contribution in [0.25, 0.3) is 0 Å². The number of sulfone groups is 1. The molecule has 1 aromatic rings. The van der Waals surface area contributed by atoms with E-state index in [4.69, 9.17) is 0 Å². The second kappa shape index (κ2) is 5.06. The first kappa shape index (κ1) is 12.4. The van der Waals surface area contributed by atoms with Gasteiger partial charge in [0.25, 0.3) is 0 Å². The molecule has 1 aliphatic rings. The topological polar surface area (TPSA) is 49.4 Å². The van der Waals surface area contributed by atoms with Crippen LogP contribution in [0, 0.1) is 0 Å². The average Bonchev–Trinajstić information content (AvgIpc) is 2.31. The number of nitrogens with zero attached hydrogens (tertiary/aromatic N) is 1. The molecule has 0 aromatic heterocycles. The van der Waals surface area contributed by atoms with Crippen LogP contribution in [0.3, 0.4) is 0 Å². The third kappa shape index (κ3) is 3.20. The molecule has 0 bridgehead atoms. The van der Waals surface area contributed by atoms with Gasteiger partial charge < -0.3 is 10.2 Å². The highest BCUT2D eigenvalue weighted by Crippen LogP contribution is 2.17. The largest absolute Gasteiger partial charge is 0.369 e. The van der Waals surface area contributed by atoms with Crippen LogP contribution in [-0.2, 0) is 16.4 Å². The van der Waals surface area contributed by atoms with Gasteiger partial charge in [0.05, 0.1) is 11.5 Å². The summed E-state index contributed by atoms with van der Waals surface area (Å²) in [7, 11) is -0.872. The zero-order valence-electron chi connectivity index (χ0n) is 10.0. The van der Waals surface area contributed by atoms with Gasteiger partial charge in [-0.15, -0.1) is 0 Å². The van der Waals surface area contributed by atoms with Crippen molar-refractivity contribution < 1.29 is 8.42 Å². The fraction of sp³-hybridized carbons (Fsp3) is 0.500. The molecule has 1 fully saturated rings. The van der Waals surface area contributed by atoms with Crippen LogP contribution in [-0.4, -0.2) is 40.1 Å². The SMILES string of the molecule is CNCc1ccc(N2CCS(=O)(=O)CC2)cc1. The summed E-state index contributed by atoms with van der Waals surface area (Å²) in [6, 6.07) is 8.28. The number of anilines is 1. The summed E-state index contributed by atoms with van der Waals surface area (Å²) in [6.45, 7) is 2.07. The molecule has 17 heavy (non-hydrogen) atoms. The maximum atomic E-state index is 11.3. The van der Waals surface area contributed by atoms with Crippen LogP contribution in [0.1, 0.15) is 5.56 Å². The van der Waals surface area contributed by atoms with Gasteiger partial charge in [0.15, 0.2) is 9.84 Å². The minimum Gasteiger partial charge on any atom is -0.369 e.